The fraction of sp³-hybridized carbons (Fsp3) is 0.429. The summed E-state index contributed by atoms with van der Waals surface area (Å²) < 4.78 is 0. The average molecular weight is 244 g/mol. The van der Waals surface area contributed by atoms with Gasteiger partial charge in [0.1, 0.15) is 0 Å². The number of amides is 1. The molecule has 94 valence electrons. The molecule has 1 saturated carbocycles. The summed E-state index contributed by atoms with van der Waals surface area (Å²) in [4.78, 5) is 17.9. The van der Waals surface area contributed by atoms with Crippen molar-refractivity contribution in [1.82, 2.24) is 9.88 Å². The van der Waals surface area contributed by atoms with Crippen LogP contribution in [-0.2, 0) is 0 Å². The number of aliphatic hydroxyl groups excluding tert-OH is 1. The molecule has 1 aromatic rings. The lowest BCUT2D eigenvalue weighted by atomic mass is 10.2. The molecule has 4 heteroatoms. The normalized spacial score (nSPS) is 13.7. The first-order valence-electron chi connectivity index (χ1n) is 6.04. The second-order valence-corrected chi connectivity index (χ2v) is 4.38. The molecule has 1 amide bonds. The van der Waals surface area contributed by atoms with Crippen molar-refractivity contribution < 1.29 is 9.90 Å². The van der Waals surface area contributed by atoms with E-state index in [9.17, 15) is 4.79 Å². The summed E-state index contributed by atoms with van der Waals surface area (Å²) >= 11 is 0. The molecule has 0 spiro atoms. The number of rotatable bonds is 3. The molecule has 0 unspecified atom stereocenters. The van der Waals surface area contributed by atoms with Crippen molar-refractivity contribution in [3.05, 3.63) is 29.6 Å². The molecule has 0 atom stereocenters. The van der Waals surface area contributed by atoms with Crippen molar-refractivity contribution in [3.63, 3.8) is 0 Å². The molecule has 1 aliphatic rings. The Bertz CT molecular complexity index is 498. The maximum atomic E-state index is 12.1. The number of aliphatic hydroxyl groups is 1. The van der Waals surface area contributed by atoms with Gasteiger partial charge in [-0.05, 0) is 18.9 Å². The topological polar surface area (TPSA) is 53.4 Å². The first-order chi connectivity index (χ1) is 8.72. The molecule has 1 fully saturated rings. The maximum Gasteiger partial charge on any atom is 0.255 e. The SMILES string of the molecule is CN(C(=O)c1cncc(C#CCCO)c1)C1CC1. The number of carbonyl (C=O) groups excluding carboxylic acids is 1. The standard InChI is InChI=1S/C14H16N2O2/c1-16(13-5-6-13)14(18)12-8-11(9-15-10-12)4-2-3-7-17/h8-10,13,17H,3,5-7H2,1H3. The van der Waals surface area contributed by atoms with Gasteiger partial charge in [0, 0.05) is 37.5 Å². The lowest BCUT2D eigenvalue weighted by Gasteiger charge is -2.15. The van der Waals surface area contributed by atoms with Gasteiger partial charge in [0.05, 0.1) is 12.2 Å². The van der Waals surface area contributed by atoms with Gasteiger partial charge >= 0.3 is 0 Å². The van der Waals surface area contributed by atoms with E-state index in [1.807, 2.05) is 7.05 Å². The molecule has 1 aromatic heterocycles. The summed E-state index contributed by atoms with van der Waals surface area (Å²) in [6.45, 7) is 0.0451. The first-order valence-corrected chi connectivity index (χ1v) is 6.04. The number of carbonyl (C=O) groups is 1. The van der Waals surface area contributed by atoms with Gasteiger partial charge in [-0.25, -0.2) is 0 Å². The first kappa shape index (κ1) is 12.6. The van der Waals surface area contributed by atoms with Gasteiger partial charge in [-0.3, -0.25) is 9.78 Å². The number of hydrogen-bond acceptors (Lipinski definition) is 3. The van der Waals surface area contributed by atoms with Crippen LogP contribution in [0.5, 0.6) is 0 Å². The molecule has 1 N–H and O–H groups in total. The van der Waals surface area contributed by atoms with Crippen LogP contribution in [0.4, 0.5) is 0 Å². The maximum absolute atomic E-state index is 12.1. The highest BCUT2D eigenvalue weighted by molar-refractivity contribution is 5.94. The summed E-state index contributed by atoms with van der Waals surface area (Å²) in [5, 5.41) is 8.65. The van der Waals surface area contributed by atoms with Crippen LogP contribution in [0, 0.1) is 11.8 Å². The van der Waals surface area contributed by atoms with Crippen molar-refractivity contribution >= 4 is 5.91 Å². The van der Waals surface area contributed by atoms with Crippen molar-refractivity contribution in [2.24, 2.45) is 0 Å². The van der Waals surface area contributed by atoms with Gasteiger partial charge in [0.15, 0.2) is 0 Å². The fourth-order valence-electron chi connectivity index (χ4n) is 1.68. The molecule has 0 saturated heterocycles. The van der Waals surface area contributed by atoms with Crippen LogP contribution in [-0.4, -0.2) is 40.6 Å². The van der Waals surface area contributed by atoms with E-state index in [4.69, 9.17) is 5.11 Å². The minimum absolute atomic E-state index is 0.00388. The van der Waals surface area contributed by atoms with E-state index in [2.05, 4.69) is 16.8 Å². The zero-order valence-electron chi connectivity index (χ0n) is 10.4. The van der Waals surface area contributed by atoms with Gasteiger partial charge in [0.2, 0.25) is 0 Å². The van der Waals surface area contributed by atoms with E-state index in [1.54, 1.807) is 23.4 Å². The Balaban J connectivity index is 2.11. The molecule has 1 aliphatic carbocycles. The molecular weight excluding hydrogens is 228 g/mol. The molecule has 2 rings (SSSR count). The van der Waals surface area contributed by atoms with E-state index in [0.29, 0.717) is 23.6 Å². The van der Waals surface area contributed by atoms with Crippen molar-refractivity contribution in [3.8, 4) is 11.8 Å². The predicted octanol–water partition coefficient (Wildman–Crippen LogP) is 1.05. The molecule has 0 radical (unpaired) electrons. The van der Waals surface area contributed by atoms with Crippen LogP contribution < -0.4 is 0 Å². The largest absolute Gasteiger partial charge is 0.395 e. The third-order valence-electron chi connectivity index (χ3n) is 2.87. The lowest BCUT2D eigenvalue weighted by Crippen LogP contribution is -2.28. The Kier molecular flexibility index (Phi) is 3.96. The summed E-state index contributed by atoms with van der Waals surface area (Å²) in [6, 6.07) is 2.14. The van der Waals surface area contributed by atoms with Gasteiger partial charge < -0.3 is 10.0 Å². The smallest absolute Gasteiger partial charge is 0.255 e. The summed E-state index contributed by atoms with van der Waals surface area (Å²) in [6.07, 6.45) is 5.80. The van der Waals surface area contributed by atoms with Crippen molar-refractivity contribution in [2.75, 3.05) is 13.7 Å². The van der Waals surface area contributed by atoms with Crippen LogP contribution in [0.25, 0.3) is 0 Å². The van der Waals surface area contributed by atoms with Crippen LogP contribution in [0.2, 0.25) is 0 Å². The van der Waals surface area contributed by atoms with Crippen LogP contribution >= 0.6 is 0 Å². The summed E-state index contributed by atoms with van der Waals surface area (Å²) in [5.74, 6) is 5.69. The summed E-state index contributed by atoms with van der Waals surface area (Å²) in [5.41, 5.74) is 1.28. The number of aromatic nitrogens is 1. The van der Waals surface area contributed by atoms with E-state index < -0.39 is 0 Å². The minimum atomic E-state index is -0.00388. The van der Waals surface area contributed by atoms with Crippen molar-refractivity contribution in [2.45, 2.75) is 25.3 Å². The van der Waals surface area contributed by atoms with E-state index in [1.165, 1.54) is 0 Å². The highest BCUT2D eigenvalue weighted by Crippen LogP contribution is 2.26. The Hall–Kier alpha value is -1.86. The van der Waals surface area contributed by atoms with Crippen LogP contribution in [0.15, 0.2) is 18.5 Å². The Morgan fingerprint density at radius 1 is 1.56 bits per heavy atom. The lowest BCUT2D eigenvalue weighted by molar-refractivity contribution is 0.0784. The highest BCUT2D eigenvalue weighted by atomic mass is 16.2. The monoisotopic (exact) mass is 244 g/mol. The third-order valence-corrected chi connectivity index (χ3v) is 2.87. The molecular formula is C14H16N2O2. The average Bonchev–Trinajstić information content (AvgIpc) is 3.22. The molecule has 1 heterocycles. The molecule has 18 heavy (non-hydrogen) atoms. The highest BCUT2D eigenvalue weighted by Gasteiger charge is 2.30. The quantitative estimate of drug-likeness (QED) is 0.809. The summed E-state index contributed by atoms with van der Waals surface area (Å²) in [7, 11) is 1.82. The van der Waals surface area contributed by atoms with Crippen molar-refractivity contribution in [1.29, 1.82) is 0 Å². The van der Waals surface area contributed by atoms with Gasteiger partial charge in [-0.2, -0.15) is 0 Å². The minimum Gasteiger partial charge on any atom is -0.395 e. The molecule has 0 aliphatic heterocycles. The number of nitrogens with zero attached hydrogens (tertiary/aromatic N) is 2. The Morgan fingerprint density at radius 3 is 3.00 bits per heavy atom. The number of hydrogen-bond donors (Lipinski definition) is 1. The van der Waals surface area contributed by atoms with E-state index >= 15 is 0 Å². The zero-order valence-corrected chi connectivity index (χ0v) is 10.4. The molecule has 4 nitrogen and oxygen atoms in total. The van der Waals surface area contributed by atoms with E-state index in [-0.39, 0.29) is 12.5 Å². The van der Waals surface area contributed by atoms with Crippen LogP contribution in [0.1, 0.15) is 35.2 Å². The van der Waals surface area contributed by atoms with E-state index in [0.717, 1.165) is 12.8 Å². The molecule has 0 bridgehead atoms. The second-order valence-electron chi connectivity index (χ2n) is 4.38. The van der Waals surface area contributed by atoms with Crippen LogP contribution in [0.3, 0.4) is 0 Å². The van der Waals surface area contributed by atoms with Gasteiger partial charge in [0.25, 0.3) is 5.91 Å². The number of pyridine rings is 1. The zero-order chi connectivity index (χ0) is 13.0. The molecule has 0 aromatic carbocycles. The Morgan fingerprint density at radius 2 is 2.33 bits per heavy atom. The second kappa shape index (κ2) is 5.65. The van der Waals surface area contributed by atoms with Gasteiger partial charge in [-0.1, -0.05) is 11.8 Å². The Labute approximate surface area is 107 Å². The fourth-order valence-corrected chi connectivity index (χ4v) is 1.68. The predicted molar refractivity (Wildman–Crippen MR) is 67.9 cm³/mol. The third kappa shape index (κ3) is 3.08. The van der Waals surface area contributed by atoms with Gasteiger partial charge in [-0.15, -0.1) is 0 Å².